The molecule has 120 valence electrons. The first-order valence-corrected chi connectivity index (χ1v) is 7.46. The highest BCUT2D eigenvalue weighted by Crippen LogP contribution is 2.24. The summed E-state index contributed by atoms with van der Waals surface area (Å²) in [5, 5.41) is 6.07. The average molecular weight is 306 g/mol. The summed E-state index contributed by atoms with van der Waals surface area (Å²) in [6, 6.07) is 6.65. The van der Waals surface area contributed by atoms with Gasteiger partial charge in [-0.2, -0.15) is 0 Å². The van der Waals surface area contributed by atoms with E-state index < -0.39 is 5.60 Å². The summed E-state index contributed by atoms with van der Waals surface area (Å²) >= 11 is 0. The maximum absolute atomic E-state index is 12.5. The molecule has 0 unspecified atom stereocenters. The van der Waals surface area contributed by atoms with Crippen LogP contribution in [0.3, 0.4) is 0 Å². The van der Waals surface area contributed by atoms with Crippen molar-refractivity contribution in [1.29, 1.82) is 0 Å². The Labute approximate surface area is 130 Å². The molecule has 1 aliphatic rings. The maximum Gasteiger partial charge on any atom is 0.338 e. The average Bonchev–Trinajstić information content (AvgIpc) is 2.56. The van der Waals surface area contributed by atoms with Gasteiger partial charge in [-0.3, -0.25) is 4.79 Å². The monoisotopic (exact) mass is 306 g/mol. The Kier molecular flexibility index (Phi) is 5.51. The molecule has 1 aromatic rings. The summed E-state index contributed by atoms with van der Waals surface area (Å²) in [4.78, 5) is 24.1. The second kappa shape index (κ2) is 7.38. The van der Waals surface area contributed by atoms with Crippen molar-refractivity contribution in [3.63, 3.8) is 0 Å². The molecule has 6 nitrogen and oxygen atoms in total. The first kappa shape index (κ1) is 16.5. The maximum atomic E-state index is 12.5. The van der Waals surface area contributed by atoms with Gasteiger partial charge in [-0.25, -0.2) is 4.79 Å². The fraction of sp³-hybridized carbons (Fsp3) is 0.500. The highest BCUT2D eigenvalue weighted by atomic mass is 16.5. The van der Waals surface area contributed by atoms with Crippen LogP contribution in [0.5, 0.6) is 0 Å². The van der Waals surface area contributed by atoms with Crippen LogP contribution in [0.4, 0.5) is 5.69 Å². The van der Waals surface area contributed by atoms with E-state index in [0.717, 1.165) is 13.1 Å². The van der Waals surface area contributed by atoms with Gasteiger partial charge in [0.25, 0.3) is 5.91 Å². The van der Waals surface area contributed by atoms with Crippen molar-refractivity contribution >= 4 is 17.6 Å². The molecular weight excluding hydrogens is 284 g/mol. The first-order chi connectivity index (χ1) is 10.6. The third-order valence-electron chi connectivity index (χ3n) is 3.87. The predicted molar refractivity (Wildman–Crippen MR) is 82.9 cm³/mol. The van der Waals surface area contributed by atoms with Gasteiger partial charge in [0.15, 0.2) is 0 Å². The molecule has 1 saturated heterocycles. The Morgan fingerprint density at radius 3 is 2.41 bits per heavy atom. The van der Waals surface area contributed by atoms with Gasteiger partial charge in [-0.1, -0.05) is 0 Å². The number of piperidine rings is 1. The highest BCUT2D eigenvalue weighted by Gasteiger charge is 2.39. The minimum absolute atomic E-state index is 0.152. The van der Waals surface area contributed by atoms with E-state index in [1.807, 2.05) is 0 Å². The lowest BCUT2D eigenvalue weighted by Gasteiger charge is -2.34. The van der Waals surface area contributed by atoms with E-state index in [1.54, 1.807) is 38.3 Å². The SMILES string of the molecule is CCOC(=O)c1ccc(NC(=O)C2(OC)CCNCC2)cc1. The Hall–Kier alpha value is -1.92. The zero-order valence-corrected chi connectivity index (χ0v) is 13.0. The quantitative estimate of drug-likeness (QED) is 0.808. The van der Waals surface area contributed by atoms with E-state index in [1.165, 1.54) is 0 Å². The fourth-order valence-corrected chi connectivity index (χ4v) is 2.50. The minimum atomic E-state index is -0.787. The van der Waals surface area contributed by atoms with Crippen LogP contribution in [0.1, 0.15) is 30.1 Å². The van der Waals surface area contributed by atoms with Crippen LogP contribution in [-0.2, 0) is 14.3 Å². The predicted octanol–water partition coefficient (Wildman–Crippen LogP) is 1.57. The summed E-state index contributed by atoms with van der Waals surface area (Å²) in [5.41, 5.74) is 0.307. The largest absolute Gasteiger partial charge is 0.462 e. The Morgan fingerprint density at radius 2 is 1.86 bits per heavy atom. The molecule has 2 rings (SSSR count). The van der Waals surface area contributed by atoms with E-state index in [-0.39, 0.29) is 11.9 Å². The van der Waals surface area contributed by atoms with Gasteiger partial charge in [-0.15, -0.1) is 0 Å². The number of carbonyl (C=O) groups is 2. The highest BCUT2D eigenvalue weighted by molar-refractivity contribution is 5.98. The Morgan fingerprint density at radius 1 is 1.23 bits per heavy atom. The number of rotatable bonds is 5. The molecule has 2 N–H and O–H groups in total. The van der Waals surface area contributed by atoms with Crippen molar-refractivity contribution in [2.75, 3.05) is 32.1 Å². The van der Waals surface area contributed by atoms with Crippen LogP contribution in [0, 0.1) is 0 Å². The van der Waals surface area contributed by atoms with Gasteiger partial charge in [0, 0.05) is 12.8 Å². The van der Waals surface area contributed by atoms with Crippen molar-refractivity contribution in [1.82, 2.24) is 5.32 Å². The van der Waals surface area contributed by atoms with Crippen molar-refractivity contribution < 1.29 is 19.1 Å². The number of nitrogens with one attached hydrogen (secondary N) is 2. The van der Waals surface area contributed by atoms with E-state index in [4.69, 9.17) is 9.47 Å². The van der Waals surface area contributed by atoms with E-state index in [2.05, 4.69) is 10.6 Å². The van der Waals surface area contributed by atoms with Crippen molar-refractivity contribution in [2.24, 2.45) is 0 Å². The van der Waals surface area contributed by atoms with Gasteiger partial charge >= 0.3 is 5.97 Å². The second-order valence-corrected chi connectivity index (χ2v) is 5.20. The molecule has 0 spiro atoms. The van der Waals surface area contributed by atoms with Gasteiger partial charge < -0.3 is 20.1 Å². The first-order valence-electron chi connectivity index (χ1n) is 7.46. The number of anilines is 1. The van der Waals surface area contributed by atoms with Crippen molar-refractivity contribution in [3.05, 3.63) is 29.8 Å². The molecule has 0 saturated carbocycles. The van der Waals surface area contributed by atoms with Crippen LogP contribution >= 0.6 is 0 Å². The van der Waals surface area contributed by atoms with Gasteiger partial charge in [0.05, 0.1) is 12.2 Å². The lowest BCUT2D eigenvalue weighted by Crippen LogP contribution is -2.51. The summed E-state index contributed by atoms with van der Waals surface area (Å²) in [6.07, 6.45) is 1.27. The number of methoxy groups -OCH3 is 1. The molecular formula is C16H22N2O4. The number of esters is 1. The number of carbonyl (C=O) groups excluding carboxylic acids is 2. The van der Waals surface area contributed by atoms with Gasteiger partial charge in [0.2, 0.25) is 0 Å². The molecule has 0 radical (unpaired) electrons. The number of hydrogen-bond acceptors (Lipinski definition) is 5. The standard InChI is InChI=1S/C16H22N2O4/c1-3-22-14(19)12-4-6-13(7-5-12)18-15(20)16(21-2)8-10-17-11-9-16/h4-7,17H,3,8-11H2,1-2H3,(H,18,20). The van der Waals surface area contributed by atoms with Crippen molar-refractivity contribution in [2.45, 2.75) is 25.4 Å². The van der Waals surface area contributed by atoms with Crippen LogP contribution in [0.2, 0.25) is 0 Å². The van der Waals surface area contributed by atoms with E-state index in [9.17, 15) is 9.59 Å². The lowest BCUT2D eigenvalue weighted by molar-refractivity contribution is -0.140. The zero-order valence-electron chi connectivity index (χ0n) is 13.0. The molecule has 1 aromatic carbocycles. The number of amides is 1. The van der Waals surface area contributed by atoms with Crippen LogP contribution in [0.15, 0.2) is 24.3 Å². The van der Waals surface area contributed by atoms with Crippen LogP contribution < -0.4 is 10.6 Å². The van der Waals surface area contributed by atoms with Crippen LogP contribution in [0.25, 0.3) is 0 Å². The molecule has 0 bridgehead atoms. The summed E-state index contributed by atoms with van der Waals surface area (Å²) < 4.78 is 10.4. The second-order valence-electron chi connectivity index (χ2n) is 5.20. The smallest absolute Gasteiger partial charge is 0.338 e. The third kappa shape index (κ3) is 3.64. The molecule has 0 aliphatic carbocycles. The topological polar surface area (TPSA) is 76.7 Å². The number of benzene rings is 1. The molecule has 1 fully saturated rings. The summed E-state index contributed by atoms with van der Waals surface area (Å²) in [5.74, 6) is -0.521. The molecule has 1 aliphatic heterocycles. The number of hydrogen-bond donors (Lipinski definition) is 2. The van der Waals surface area contributed by atoms with Crippen molar-refractivity contribution in [3.8, 4) is 0 Å². The molecule has 1 heterocycles. The van der Waals surface area contributed by atoms with Gasteiger partial charge in [-0.05, 0) is 57.1 Å². The molecule has 0 atom stereocenters. The summed E-state index contributed by atoms with van der Waals surface area (Å²) in [6.45, 7) is 3.60. The van der Waals surface area contributed by atoms with E-state index >= 15 is 0 Å². The molecule has 0 aromatic heterocycles. The minimum Gasteiger partial charge on any atom is -0.462 e. The van der Waals surface area contributed by atoms with E-state index in [0.29, 0.717) is 30.7 Å². The van der Waals surface area contributed by atoms with Crippen LogP contribution in [-0.4, -0.2) is 44.3 Å². The third-order valence-corrected chi connectivity index (χ3v) is 3.87. The Bertz CT molecular complexity index is 521. The lowest BCUT2D eigenvalue weighted by atomic mass is 9.91. The summed E-state index contributed by atoms with van der Waals surface area (Å²) in [7, 11) is 1.56. The molecule has 22 heavy (non-hydrogen) atoms. The zero-order chi connectivity index (χ0) is 16.0. The molecule has 6 heteroatoms. The normalized spacial score (nSPS) is 16.8. The number of ether oxygens (including phenoxy) is 2. The molecule has 1 amide bonds. The fourth-order valence-electron chi connectivity index (χ4n) is 2.50. The van der Waals surface area contributed by atoms with Gasteiger partial charge in [0.1, 0.15) is 5.60 Å². The Balaban J connectivity index is 2.03.